The van der Waals surface area contributed by atoms with E-state index >= 15 is 0 Å². The molecule has 3 aromatic rings. The summed E-state index contributed by atoms with van der Waals surface area (Å²) in [7, 11) is -3.28. The molecule has 0 bridgehead atoms. The standard InChI is InChI=1S/C26H28N2O4S/c1-2-3-16-28-23-15-14-22(20-11-7-12-21(25(20)23)26(28)30)27-24(29)13-8-17-33(31,32)18-19-9-5-4-6-10-19/h4-7,9-12,14-15H,2-3,8,13,16-18H2,1H3,(H,27,29). The van der Waals surface area contributed by atoms with E-state index in [9.17, 15) is 18.0 Å². The summed E-state index contributed by atoms with van der Waals surface area (Å²) in [4.78, 5) is 27.2. The molecule has 0 saturated carbocycles. The Hall–Kier alpha value is -3.19. The molecule has 7 heteroatoms. The third-order valence-corrected chi connectivity index (χ3v) is 7.57. The van der Waals surface area contributed by atoms with E-state index < -0.39 is 9.84 Å². The van der Waals surface area contributed by atoms with Gasteiger partial charge in [-0.05, 0) is 36.6 Å². The average molecular weight is 465 g/mol. The monoisotopic (exact) mass is 464 g/mol. The maximum Gasteiger partial charge on any atom is 0.258 e. The molecule has 172 valence electrons. The Kier molecular flexibility index (Phi) is 6.79. The van der Waals surface area contributed by atoms with Crippen molar-refractivity contribution in [3.63, 3.8) is 0 Å². The molecule has 1 aliphatic heterocycles. The van der Waals surface area contributed by atoms with Crippen LogP contribution in [0.25, 0.3) is 10.8 Å². The Morgan fingerprint density at radius 2 is 1.76 bits per heavy atom. The number of hydrogen-bond acceptors (Lipinski definition) is 4. The number of hydrogen-bond donors (Lipinski definition) is 1. The van der Waals surface area contributed by atoms with Gasteiger partial charge in [-0.25, -0.2) is 8.42 Å². The van der Waals surface area contributed by atoms with Crippen LogP contribution in [0.1, 0.15) is 48.5 Å². The summed E-state index contributed by atoms with van der Waals surface area (Å²) < 4.78 is 24.7. The number of carbonyl (C=O) groups excluding carboxylic acids is 2. The topological polar surface area (TPSA) is 83.6 Å². The minimum Gasteiger partial charge on any atom is -0.326 e. The first-order valence-corrected chi connectivity index (χ1v) is 13.1. The fourth-order valence-electron chi connectivity index (χ4n) is 4.26. The second-order valence-electron chi connectivity index (χ2n) is 8.40. The average Bonchev–Trinajstić information content (AvgIpc) is 3.07. The van der Waals surface area contributed by atoms with Crippen molar-refractivity contribution in [2.45, 2.75) is 38.4 Å². The van der Waals surface area contributed by atoms with Gasteiger partial charge in [-0.15, -0.1) is 0 Å². The van der Waals surface area contributed by atoms with Crippen molar-refractivity contribution in [2.24, 2.45) is 0 Å². The lowest BCUT2D eigenvalue weighted by Crippen LogP contribution is -2.27. The van der Waals surface area contributed by atoms with Crippen molar-refractivity contribution in [3.8, 4) is 0 Å². The van der Waals surface area contributed by atoms with Gasteiger partial charge in [-0.2, -0.15) is 0 Å². The fraction of sp³-hybridized carbons (Fsp3) is 0.308. The molecule has 0 atom stereocenters. The Balaban J connectivity index is 1.42. The molecule has 0 radical (unpaired) electrons. The number of amides is 2. The third-order valence-electron chi connectivity index (χ3n) is 5.88. The Morgan fingerprint density at radius 1 is 0.970 bits per heavy atom. The molecule has 0 fully saturated rings. The highest BCUT2D eigenvalue weighted by Crippen LogP contribution is 2.40. The number of sulfone groups is 1. The molecular formula is C26H28N2O4S. The fourth-order valence-corrected chi connectivity index (χ4v) is 5.69. The van der Waals surface area contributed by atoms with Gasteiger partial charge in [0, 0.05) is 35.0 Å². The lowest BCUT2D eigenvalue weighted by atomic mass is 10.0. The van der Waals surface area contributed by atoms with Crippen molar-refractivity contribution in [3.05, 3.63) is 71.8 Å². The van der Waals surface area contributed by atoms with Crippen LogP contribution in [0.4, 0.5) is 11.4 Å². The van der Waals surface area contributed by atoms with Gasteiger partial charge in [0.05, 0.1) is 17.2 Å². The van der Waals surface area contributed by atoms with Crippen molar-refractivity contribution >= 4 is 43.8 Å². The highest BCUT2D eigenvalue weighted by molar-refractivity contribution is 7.90. The molecule has 0 aromatic heterocycles. The summed E-state index contributed by atoms with van der Waals surface area (Å²) in [5.41, 5.74) is 2.92. The molecule has 0 saturated heterocycles. The van der Waals surface area contributed by atoms with Crippen LogP contribution < -0.4 is 10.2 Å². The second-order valence-corrected chi connectivity index (χ2v) is 10.6. The third kappa shape index (κ3) is 5.09. The van der Waals surface area contributed by atoms with Crippen LogP contribution >= 0.6 is 0 Å². The molecule has 0 spiro atoms. The van der Waals surface area contributed by atoms with Crippen LogP contribution in [-0.4, -0.2) is 32.5 Å². The van der Waals surface area contributed by atoms with E-state index in [2.05, 4.69) is 12.2 Å². The first-order chi connectivity index (χ1) is 15.9. The second kappa shape index (κ2) is 9.75. The number of nitrogens with one attached hydrogen (secondary N) is 1. The van der Waals surface area contributed by atoms with Crippen molar-refractivity contribution < 1.29 is 18.0 Å². The molecule has 1 N–H and O–H groups in total. The van der Waals surface area contributed by atoms with Crippen LogP contribution in [0.15, 0.2) is 60.7 Å². The minimum absolute atomic E-state index is 0.00357. The van der Waals surface area contributed by atoms with E-state index in [1.54, 1.807) is 12.1 Å². The zero-order chi connectivity index (χ0) is 23.4. The molecule has 0 unspecified atom stereocenters. The first-order valence-electron chi connectivity index (χ1n) is 11.3. The Morgan fingerprint density at radius 3 is 2.52 bits per heavy atom. The molecule has 6 nitrogen and oxygen atoms in total. The van der Waals surface area contributed by atoms with Gasteiger partial charge in [0.15, 0.2) is 9.84 Å². The number of nitrogens with zero attached hydrogens (tertiary/aromatic N) is 1. The van der Waals surface area contributed by atoms with Gasteiger partial charge >= 0.3 is 0 Å². The zero-order valence-corrected chi connectivity index (χ0v) is 19.5. The van der Waals surface area contributed by atoms with Gasteiger partial charge < -0.3 is 10.2 Å². The maximum atomic E-state index is 12.9. The van der Waals surface area contributed by atoms with Crippen LogP contribution in [-0.2, 0) is 20.4 Å². The summed E-state index contributed by atoms with van der Waals surface area (Å²) in [6.07, 6.45) is 2.29. The highest BCUT2D eigenvalue weighted by Gasteiger charge is 2.30. The zero-order valence-electron chi connectivity index (χ0n) is 18.7. The van der Waals surface area contributed by atoms with E-state index in [0.717, 1.165) is 34.9 Å². The Bertz CT molecular complexity index is 1290. The molecule has 3 aromatic carbocycles. The van der Waals surface area contributed by atoms with Crippen molar-refractivity contribution in [1.29, 1.82) is 0 Å². The summed E-state index contributed by atoms with van der Waals surface area (Å²) in [6, 6.07) is 18.3. The molecule has 33 heavy (non-hydrogen) atoms. The molecule has 1 aliphatic rings. The number of unbranched alkanes of at least 4 members (excludes halogenated alkanes) is 1. The normalized spacial score (nSPS) is 13.0. The lowest BCUT2D eigenvalue weighted by Gasteiger charge is -2.17. The van der Waals surface area contributed by atoms with E-state index in [-0.39, 0.29) is 36.2 Å². The maximum absolute atomic E-state index is 12.9. The van der Waals surface area contributed by atoms with E-state index in [1.807, 2.05) is 53.4 Å². The SMILES string of the molecule is CCCCN1C(=O)c2cccc3c(NC(=O)CCCS(=O)(=O)Cc4ccccc4)ccc1c23. The minimum atomic E-state index is -3.28. The summed E-state index contributed by atoms with van der Waals surface area (Å²) in [6.45, 7) is 2.76. The van der Waals surface area contributed by atoms with Crippen LogP contribution in [0, 0.1) is 0 Å². The van der Waals surface area contributed by atoms with Gasteiger partial charge in [0.25, 0.3) is 5.91 Å². The smallest absolute Gasteiger partial charge is 0.258 e. The summed E-state index contributed by atoms with van der Waals surface area (Å²) >= 11 is 0. The van der Waals surface area contributed by atoms with Crippen LogP contribution in [0.3, 0.4) is 0 Å². The molecule has 1 heterocycles. The molecular weight excluding hydrogens is 436 g/mol. The highest BCUT2D eigenvalue weighted by atomic mass is 32.2. The van der Waals surface area contributed by atoms with Gasteiger partial charge in [-0.1, -0.05) is 55.8 Å². The number of benzene rings is 3. The summed E-state index contributed by atoms with van der Waals surface area (Å²) in [5.74, 6) is -0.304. The lowest BCUT2D eigenvalue weighted by molar-refractivity contribution is -0.116. The predicted octanol–water partition coefficient (Wildman–Crippen LogP) is 4.93. The van der Waals surface area contributed by atoms with Gasteiger partial charge in [0.1, 0.15) is 0 Å². The molecule has 2 amide bonds. The van der Waals surface area contributed by atoms with Crippen LogP contribution in [0.5, 0.6) is 0 Å². The number of carbonyl (C=O) groups is 2. The van der Waals surface area contributed by atoms with Crippen molar-refractivity contribution in [2.75, 3.05) is 22.5 Å². The van der Waals surface area contributed by atoms with E-state index in [4.69, 9.17) is 0 Å². The van der Waals surface area contributed by atoms with Gasteiger partial charge in [-0.3, -0.25) is 9.59 Å². The number of rotatable bonds is 10. The molecule has 0 aliphatic carbocycles. The predicted molar refractivity (Wildman–Crippen MR) is 132 cm³/mol. The van der Waals surface area contributed by atoms with Crippen LogP contribution in [0.2, 0.25) is 0 Å². The first kappa shape index (κ1) is 23.0. The molecule has 4 rings (SSSR count). The quantitative estimate of drug-likeness (QED) is 0.461. The van der Waals surface area contributed by atoms with Gasteiger partial charge in [0.2, 0.25) is 5.91 Å². The summed E-state index contributed by atoms with van der Waals surface area (Å²) in [5, 5.41) is 4.60. The Labute approximate surface area is 194 Å². The largest absolute Gasteiger partial charge is 0.326 e. The number of anilines is 2. The van der Waals surface area contributed by atoms with E-state index in [0.29, 0.717) is 17.8 Å². The van der Waals surface area contributed by atoms with Crippen molar-refractivity contribution in [1.82, 2.24) is 0 Å². The van der Waals surface area contributed by atoms with E-state index in [1.165, 1.54) is 0 Å².